The number of nitrogens with zero attached hydrogens (tertiary/aromatic N) is 2. The second-order valence-corrected chi connectivity index (χ2v) is 9.47. The van der Waals surface area contributed by atoms with Crippen molar-refractivity contribution in [1.29, 1.82) is 0 Å². The van der Waals surface area contributed by atoms with Crippen LogP contribution in [0.1, 0.15) is 35.1 Å². The van der Waals surface area contributed by atoms with E-state index in [0.717, 1.165) is 16.1 Å². The second kappa shape index (κ2) is 9.48. The summed E-state index contributed by atoms with van der Waals surface area (Å²) in [5.74, 6) is -0.130. The van der Waals surface area contributed by atoms with Crippen LogP contribution < -0.4 is 10.5 Å². The van der Waals surface area contributed by atoms with E-state index in [9.17, 15) is 13.2 Å². The molecule has 7 nitrogen and oxygen atoms in total. The van der Waals surface area contributed by atoms with Crippen molar-refractivity contribution in [3.05, 3.63) is 82.3 Å². The first kappa shape index (κ1) is 22.1. The zero-order valence-corrected chi connectivity index (χ0v) is 18.4. The Bertz CT molecular complexity index is 1070. The van der Waals surface area contributed by atoms with E-state index in [1.165, 1.54) is 23.5 Å². The van der Waals surface area contributed by atoms with Gasteiger partial charge >= 0.3 is 0 Å². The molecule has 2 atom stereocenters. The first-order chi connectivity index (χ1) is 14.3. The molecular weight excluding hydrogens is 420 g/mol. The van der Waals surface area contributed by atoms with Gasteiger partial charge in [0.2, 0.25) is 15.9 Å². The first-order valence-electron chi connectivity index (χ1n) is 9.32. The van der Waals surface area contributed by atoms with Crippen molar-refractivity contribution >= 4 is 27.3 Å². The zero-order valence-electron chi connectivity index (χ0n) is 16.7. The molecule has 2 unspecified atom stereocenters. The number of rotatable bonds is 8. The number of thiazole rings is 1. The molecule has 9 heteroatoms. The molecule has 0 fully saturated rings. The fraction of sp³-hybridized carbons (Fsp3) is 0.238. The van der Waals surface area contributed by atoms with E-state index in [1.54, 1.807) is 18.3 Å². The Labute approximate surface area is 180 Å². The lowest BCUT2D eigenvalue weighted by Crippen LogP contribution is -2.38. The van der Waals surface area contributed by atoms with Crippen LogP contribution in [0.2, 0.25) is 0 Å². The largest absolute Gasteiger partial charge is 0.342 e. The van der Waals surface area contributed by atoms with Crippen LogP contribution in [0.5, 0.6) is 0 Å². The van der Waals surface area contributed by atoms with Crippen LogP contribution in [0, 0.1) is 0 Å². The van der Waals surface area contributed by atoms with Gasteiger partial charge in [0.05, 0.1) is 11.4 Å². The number of primary sulfonamides is 1. The zero-order chi connectivity index (χ0) is 21.7. The molecule has 1 heterocycles. The van der Waals surface area contributed by atoms with Gasteiger partial charge < -0.3 is 5.32 Å². The molecule has 3 aromatic rings. The predicted octanol–water partition coefficient (Wildman–Crippen LogP) is 2.69. The third-order valence-corrected chi connectivity index (χ3v) is 6.65. The Kier molecular flexibility index (Phi) is 6.99. The minimum Gasteiger partial charge on any atom is -0.342 e. The first-order valence-corrected chi connectivity index (χ1v) is 11.7. The van der Waals surface area contributed by atoms with Gasteiger partial charge in [-0.1, -0.05) is 42.5 Å². The van der Waals surface area contributed by atoms with Gasteiger partial charge in [0.1, 0.15) is 11.0 Å². The van der Waals surface area contributed by atoms with E-state index >= 15 is 0 Å². The average Bonchev–Trinajstić information content (AvgIpc) is 3.26. The van der Waals surface area contributed by atoms with Crippen molar-refractivity contribution in [2.24, 2.45) is 5.14 Å². The Morgan fingerprint density at radius 2 is 1.80 bits per heavy atom. The average molecular weight is 445 g/mol. The summed E-state index contributed by atoms with van der Waals surface area (Å²) in [6.07, 6.45) is 1.72. The van der Waals surface area contributed by atoms with Crippen LogP contribution in [0.15, 0.2) is 71.1 Å². The van der Waals surface area contributed by atoms with Crippen LogP contribution in [-0.4, -0.2) is 37.8 Å². The molecule has 158 valence electrons. The van der Waals surface area contributed by atoms with Gasteiger partial charge in [-0.2, -0.15) is 0 Å². The van der Waals surface area contributed by atoms with E-state index < -0.39 is 10.0 Å². The molecule has 0 spiro atoms. The number of aromatic nitrogens is 1. The summed E-state index contributed by atoms with van der Waals surface area (Å²) < 4.78 is 22.8. The Hall–Kier alpha value is -2.59. The lowest BCUT2D eigenvalue weighted by Gasteiger charge is -2.26. The molecule has 1 aromatic heterocycles. The molecule has 3 rings (SSSR count). The SMILES string of the molecule is CC(c1ccc(S(N)(=O)=O)cc1)N(C)CC(=O)NC(c1ccccc1)c1nccs1. The van der Waals surface area contributed by atoms with Gasteiger partial charge in [0.25, 0.3) is 0 Å². The normalized spacial score (nSPS) is 13.7. The van der Waals surface area contributed by atoms with E-state index in [1.807, 2.05) is 54.6 Å². The van der Waals surface area contributed by atoms with Crippen LogP contribution in [0.25, 0.3) is 0 Å². The Morgan fingerprint density at radius 3 is 2.37 bits per heavy atom. The molecule has 30 heavy (non-hydrogen) atoms. The molecule has 0 radical (unpaired) electrons. The van der Waals surface area contributed by atoms with Crippen molar-refractivity contribution in [3.63, 3.8) is 0 Å². The molecule has 0 bridgehead atoms. The smallest absolute Gasteiger partial charge is 0.238 e. The Morgan fingerprint density at radius 1 is 1.13 bits per heavy atom. The number of benzene rings is 2. The lowest BCUT2D eigenvalue weighted by molar-refractivity contribution is -0.122. The number of likely N-dealkylation sites (N-methyl/N-ethyl adjacent to an activating group) is 1. The number of hydrogen-bond donors (Lipinski definition) is 2. The summed E-state index contributed by atoms with van der Waals surface area (Å²) in [5, 5.41) is 10.9. The van der Waals surface area contributed by atoms with Gasteiger partial charge in [0.15, 0.2) is 0 Å². The molecular formula is C21H24N4O3S2. The fourth-order valence-electron chi connectivity index (χ4n) is 3.07. The maximum atomic E-state index is 12.8. The van der Waals surface area contributed by atoms with E-state index in [-0.39, 0.29) is 29.4 Å². The minimum absolute atomic E-state index is 0.0630. The highest BCUT2D eigenvalue weighted by molar-refractivity contribution is 7.89. The minimum atomic E-state index is -3.73. The quantitative estimate of drug-likeness (QED) is 0.556. The Balaban J connectivity index is 1.68. The van der Waals surface area contributed by atoms with Crippen LogP contribution in [0.4, 0.5) is 0 Å². The summed E-state index contributed by atoms with van der Waals surface area (Å²) in [4.78, 5) is 19.1. The predicted molar refractivity (Wildman–Crippen MR) is 117 cm³/mol. The van der Waals surface area contributed by atoms with Crippen LogP contribution in [0.3, 0.4) is 0 Å². The number of nitrogens with one attached hydrogen (secondary N) is 1. The highest BCUT2D eigenvalue weighted by Gasteiger charge is 2.21. The maximum absolute atomic E-state index is 12.8. The molecule has 0 aliphatic heterocycles. The number of nitrogens with two attached hydrogens (primary N) is 1. The third kappa shape index (κ3) is 5.51. The molecule has 0 aliphatic rings. The number of sulfonamides is 1. The number of carbonyl (C=O) groups is 1. The lowest BCUT2D eigenvalue weighted by atomic mass is 10.1. The highest BCUT2D eigenvalue weighted by Crippen LogP contribution is 2.24. The summed E-state index contributed by atoms with van der Waals surface area (Å²) in [6, 6.07) is 15.7. The maximum Gasteiger partial charge on any atom is 0.238 e. The van der Waals surface area contributed by atoms with Gasteiger partial charge in [-0.25, -0.2) is 18.5 Å². The van der Waals surface area contributed by atoms with Crippen LogP contribution >= 0.6 is 11.3 Å². The van der Waals surface area contributed by atoms with Crippen molar-refractivity contribution in [1.82, 2.24) is 15.2 Å². The van der Waals surface area contributed by atoms with Gasteiger partial charge in [-0.05, 0) is 37.2 Å². The molecule has 0 saturated heterocycles. The molecule has 0 aliphatic carbocycles. The molecule has 0 saturated carbocycles. The van der Waals surface area contributed by atoms with Crippen molar-refractivity contribution in [2.45, 2.75) is 23.9 Å². The number of amides is 1. The summed E-state index contributed by atoms with van der Waals surface area (Å²) >= 11 is 1.49. The van der Waals surface area contributed by atoms with Crippen molar-refractivity contribution in [3.8, 4) is 0 Å². The fourth-order valence-corrected chi connectivity index (χ4v) is 4.30. The number of carbonyl (C=O) groups excluding carboxylic acids is 1. The summed E-state index contributed by atoms with van der Waals surface area (Å²) in [5.41, 5.74) is 1.85. The number of hydrogen-bond acceptors (Lipinski definition) is 6. The van der Waals surface area contributed by atoms with Crippen molar-refractivity contribution < 1.29 is 13.2 Å². The molecule has 1 amide bonds. The topological polar surface area (TPSA) is 105 Å². The summed E-state index contributed by atoms with van der Waals surface area (Å²) in [7, 11) is -1.88. The highest BCUT2D eigenvalue weighted by atomic mass is 32.2. The van der Waals surface area contributed by atoms with E-state index in [4.69, 9.17) is 5.14 Å². The summed E-state index contributed by atoms with van der Waals surface area (Å²) in [6.45, 7) is 2.13. The van der Waals surface area contributed by atoms with Gasteiger partial charge in [-0.3, -0.25) is 9.69 Å². The van der Waals surface area contributed by atoms with Crippen molar-refractivity contribution in [2.75, 3.05) is 13.6 Å². The van der Waals surface area contributed by atoms with Gasteiger partial charge in [-0.15, -0.1) is 11.3 Å². The van der Waals surface area contributed by atoms with Gasteiger partial charge in [0, 0.05) is 17.6 Å². The molecule has 3 N–H and O–H groups in total. The van der Waals surface area contributed by atoms with E-state index in [0.29, 0.717) is 0 Å². The molecule has 2 aromatic carbocycles. The second-order valence-electron chi connectivity index (χ2n) is 6.99. The van der Waals surface area contributed by atoms with E-state index in [2.05, 4.69) is 10.3 Å². The van der Waals surface area contributed by atoms with Crippen LogP contribution in [-0.2, 0) is 14.8 Å². The third-order valence-electron chi connectivity index (χ3n) is 4.88. The standard InChI is InChI=1S/C21H24N4O3S2/c1-15(16-8-10-18(11-9-16)30(22,27)28)25(2)14-19(26)24-20(21-23-12-13-29-21)17-6-4-3-5-7-17/h3-13,15,20H,14H2,1-2H3,(H,24,26)(H2,22,27,28). The monoisotopic (exact) mass is 444 g/mol.